The lowest BCUT2D eigenvalue weighted by Crippen LogP contribution is -2.21. The number of rotatable bonds is 6. The Bertz CT molecular complexity index is 1400. The second kappa shape index (κ2) is 10.6. The normalized spacial score (nSPS) is 10.8. The number of nitrogens with zero attached hydrogens (tertiary/aromatic N) is 2. The Kier molecular flexibility index (Phi) is 7.54. The van der Waals surface area contributed by atoms with E-state index in [0.29, 0.717) is 27.2 Å². The smallest absolute Gasteiger partial charge is 0.341 e. The zero-order chi connectivity index (χ0) is 25.1. The van der Waals surface area contributed by atoms with Crippen molar-refractivity contribution >= 4 is 56.9 Å². The Balaban J connectivity index is 1.59. The van der Waals surface area contributed by atoms with E-state index in [2.05, 4.69) is 15.7 Å². The van der Waals surface area contributed by atoms with Gasteiger partial charge in [0.1, 0.15) is 10.6 Å². The Morgan fingerprint density at radius 1 is 1.09 bits per heavy atom. The number of anilines is 2. The van der Waals surface area contributed by atoms with E-state index in [0.717, 1.165) is 38.6 Å². The zero-order valence-corrected chi connectivity index (χ0v) is 22.2. The molecular formula is C26H25ClN4O2S2. The fourth-order valence-corrected chi connectivity index (χ4v) is 5.48. The van der Waals surface area contributed by atoms with Crippen molar-refractivity contribution in [1.29, 1.82) is 0 Å². The summed E-state index contributed by atoms with van der Waals surface area (Å²) in [6.45, 7) is 6.42. The lowest BCUT2D eigenvalue weighted by molar-refractivity contribution is 0.0603. The molecule has 0 aliphatic heterocycles. The number of thiocarbonyl (C=S) groups is 1. The third kappa shape index (κ3) is 5.24. The van der Waals surface area contributed by atoms with Crippen LogP contribution < -0.4 is 10.6 Å². The number of hydrogen-bond acceptors (Lipinski definition) is 5. The molecule has 0 amide bonds. The summed E-state index contributed by atoms with van der Waals surface area (Å²) in [6.07, 6.45) is 0. The SMILES string of the molecule is COC(=O)c1c(NC(=S)Nc2c(C)nn(Cc3ccccc3Cl)c2C)sc(C)c1-c1ccccc1. The molecule has 2 aromatic carbocycles. The first kappa shape index (κ1) is 24.9. The number of hydrogen-bond donors (Lipinski definition) is 2. The average molecular weight is 525 g/mol. The summed E-state index contributed by atoms with van der Waals surface area (Å²) in [7, 11) is 1.38. The number of thiophene rings is 1. The molecular weight excluding hydrogens is 500 g/mol. The number of carbonyl (C=O) groups is 1. The van der Waals surface area contributed by atoms with Crippen molar-refractivity contribution in [2.45, 2.75) is 27.3 Å². The van der Waals surface area contributed by atoms with Crippen molar-refractivity contribution in [2.24, 2.45) is 0 Å². The maximum Gasteiger partial charge on any atom is 0.341 e. The second-order valence-corrected chi connectivity index (χ2v) is 10.0. The first-order chi connectivity index (χ1) is 16.8. The zero-order valence-electron chi connectivity index (χ0n) is 19.8. The van der Waals surface area contributed by atoms with Crippen LogP contribution in [0.25, 0.3) is 11.1 Å². The molecule has 0 radical (unpaired) electrons. The Labute approximate surface area is 218 Å². The van der Waals surface area contributed by atoms with Crippen LogP contribution >= 0.6 is 35.2 Å². The second-order valence-electron chi connectivity index (χ2n) is 7.97. The van der Waals surface area contributed by atoms with E-state index >= 15 is 0 Å². The van der Waals surface area contributed by atoms with Crippen molar-refractivity contribution in [1.82, 2.24) is 9.78 Å². The lowest BCUT2D eigenvalue weighted by Gasteiger charge is -2.12. The summed E-state index contributed by atoms with van der Waals surface area (Å²) >= 11 is 13.4. The topological polar surface area (TPSA) is 68.2 Å². The molecule has 4 rings (SSSR count). The van der Waals surface area contributed by atoms with Crippen molar-refractivity contribution < 1.29 is 9.53 Å². The molecule has 0 saturated heterocycles. The minimum absolute atomic E-state index is 0.361. The summed E-state index contributed by atoms with van der Waals surface area (Å²) < 4.78 is 6.99. The molecule has 180 valence electrons. The Morgan fingerprint density at radius 2 is 1.77 bits per heavy atom. The molecule has 2 N–H and O–H groups in total. The van der Waals surface area contributed by atoms with Gasteiger partial charge >= 0.3 is 5.97 Å². The van der Waals surface area contributed by atoms with E-state index in [9.17, 15) is 4.79 Å². The number of ether oxygens (including phenoxy) is 1. The van der Waals surface area contributed by atoms with E-state index in [1.165, 1.54) is 18.4 Å². The molecule has 9 heteroatoms. The molecule has 0 aliphatic carbocycles. The fourth-order valence-electron chi connectivity index (χ4n) is 3.95. The summed E-state index contributed by atoms with van der Waals surface area (Å²) in [5.41, 5.74) is 5.77. The summed E-state index contributed by atoms with van der Waals surface area (Å²) in [5, 5.41) is 12.8. The Morgan fingerprint density at radius 3 is 2.46 bits per heavy atom. The van der Waals surface area contributed by atoms with Crippen LogP contribution in [0.5, 0.6) is 0 Å². The van der Waals surface area contributed by atoms with Gasteiger partial charge in [-0.1, -0.05) is 60.1 Å². The van der Waals surface area contributed by atoms with Crippen LogP contribution in [0.2, 0.25) is 5.02 Å². The van der Waals surface area contributed by atoms with Gasteiger partial charge < -0.3 is 15.4 Å². The summed E-state index contributed by atoms with van der Waals surface area (Å²) in [5.74, 6) is -0.418. The standard InChI is InChI=1S/C26H25ClN4O2S2/c1-15-23(16(2)31(30-15)14-19-12-8-9-13-20(19)27)28-26(34)29-24-22(25(32)33-4)21(17(3)35-24)18-10-6-5-7-11-18/h5-13H,14H2,1-4H3,(H2,28,29,34). The van der Waals surface area contributed by atoms with Crippen LogP contribution in [0.3, 0.4) is 0 Å². The average Bonchev–Trinajstić information content (AvgIpc) is 3.30. The van der Waals surface area contributed by atoms with Gasteiger partial charge in [-0.3, -0.25) is 4.68 Å². The van der Waals surface area contributed by atoms with E-state index in [-0.39, 0.29) is 0 Å². The van der Waals surface area contributed by atoms with Crippen LogP contribution in [0.1, 0.15) is 32.2 Å². The largest absolute Gasteiger partial charge is 0.465 e. The highest BCUT2D eigenvalue weighted by Gasteiger charge is 2.25. The molecule has 0 fully saturated rings. The molecule has 2 aromatic heterocycles. The number of aryl methyl sites for hydroxylation is 2. The quantitative estimate of drug-likeness (QED) is 0.213. The van der Waals surface area contributed by atoms with E-state index in [4.69, 9.17) is 28.6 Å². The molecule has 0 saturated carbocycles. The predicted octanol–water partition coefficient (Wildman–Crippen LogP) is 6.83. The van der Waals surface area contributed by atoms with Crippen LogP contribution in [0.4, 0.5) is 10.7 Å². The molecule has 0 spiro atoms. The van der Waals surface area contributed by atoms with Gasteiger partial charge in [0.05, 0.1) is 30.7 Å². The number of aromatic nitrogens is 2. The van der Waals surface area contributed by atoms with Crippen molar-refractivity contribution in [2.75, 3.05) is 17.7 Å². The number of nitrogens with one attached hydrogen (secondary N) is 2. The van der Waals surface area contributed by atoms with Gasteiger partial charge in [0, 0.05) is 15.5 Å². The highest BCUT2D eigenvalue weighted by molar-refractivity contribution is 7.80. The summed E-state index contributed by atoms with van der Waals surface area (Å²) in [4.78, 5) is 13.7. The molecule has 2 heterocycles. The van der Waals surface area contributed by atoms with Crippen LogP contribution in [-0.4, -0.2) is 28.0 Å². The maximum absolute atomic E-state index is 12.8. The van der Waals surface area contributed by atoms with Crippen molar-refractivity contribution in [3.05, 3.63) is 87.0 Å². The molecule has 0 aliphatic rings. The Hall–Kier alpha value is -3.20. The minimum Gasteiger partial charge on any atom is -0.465 e. The van der Waals surface area contributed by atoms with Gasteiger partial charge in [0.2, 0.25) is 0 Å². The number of benzene rings is 2. The van der Waals surface area contributed by atoms with Gasteiger partial charge in [-0.25, -0.2) is 4.79 Å². The van der Waals surface area contributed by atoms with Gasteiger partial charge in [-0.15, -0.1) is 11.3 Å². The highest BCUT2D eigenvalue weighted by atomic mass is 35.5. The van der Waals surface area contributed by atoms with E-state index in [1.807, 2.05) is 80.1 Å². The monoisotopic (exact) mass is 524 g/mol. The van der Waals surface area contributed by atoms with Gasteiger partial charge in [-0.05, 0) is 50.2 Å². The first-order valence-electron chi connectivity index (χ1n) is 10.9. The maximum atomic E-state index is 12.8. The highest BCUT2D eigenvalue weighted by Crippen LogP contribution is 2.40. The van der Waals surface area contributed by atoms with Crippen LogP contribution in [0, 0.1) is 20.8 Å². The number of carbonyl (C=O) groups excluding carboxylic acids is 1. The van der Waals surface area contributed by atoms with E-state index < -0.39 is 5.97 Å². The van der Waals surface area contributed by atoms with Gasteiger partial charge in [0.15, 0.2) is 5.11 Å². The molecule has 0 atom stereocenters. The number of halogens is 1. The predicted molar refractivity (Wildman–Crippen MR) is 148 cm³/mol. The minimum atomic E-state index is -0.418. The van der Waals surface area contributed by atoms with Crippen LogP contribution in [-0.2, 0) is 11.3 Å². The third-order valence-corrected chi connectivity index (χ3v) is 7.25. The van der Waals surface area contributed by atoms with Gasteiger partial charge in [0.25, 0.3) is 0 Å². The van der Waals surface area contributed by atoms with E-state index in [1.54, 1.807) is 0 Å². The lowest BCUT2D eigenvalue weighted by atomic mass is 10.0. The summed E-state index contributed by atoms with van der Waals surface area (Å²) in [6, 6.07) is 17.5. The third-order valence-electron chi connectivity index (χ3n) is 5.66. The first-order valence-corrected chi connectivity index (χ1v) is 12.5. The molecule has 0 unspecified atom stereocenters. The molecule has 35 heavy (non-hydrogen) atoms. The molecule has 0 bridgehead atoms. The molecule has 6 nitrogen and oxygen atoms in total. The number of esters is 1. The molecule has 4 aromatic rings. The van der Waals surface area contributed by atoms with Crippen molar-refractivity contribution in [3.8, 4) is 11.1 Å². The fraction of sp³-hybridized carbons (Fsp3) is 0.192. The van der Waals surface area contributed by atoms with Crippen LogP contribution in [0.15, 0.2) is 54.6 Å². The van der Waals surface area contributed by atoms with Crippen molar-refractivity contribution in [3.63, 3.8) is 0 Å². The van der Waals surface area contributed by atoms with Gasteiger partial charge in [-0.2, -0.15) is 5.10 Å². The number of methoxy groups -OCH3 is 1.